The van der Waals surface area contributed by atoms with Crippen molar-refractivity contribution in [2.45, 2.75) is 78.6 Å². The molecule has 0 radical (unpaired) electrons. The molecule has 2 aliphatic rings. The molecule has 0 aromatic rings. The average Bonchev–Trinajstić information content (AvgIpc) is 3.06. The van der Waals surface area contributed by atoms with Crippen LogP contribution in [0, 0.1) is 11.8 Å². The first-order valence-corrected chi connectivity index (χ1v) is 12.1. The largest absolute Gasteiger partial charge is 0.0771 e. The van der Waals surface area contributed by atoms with Gasteiger partial charge in [-0.1, -0.05) is 100 Å². The molecule has 0 aromatic carbocycles. The van der Waals surface area contributed by atoms with Crippen molar-refractivity contribution < 1.29 is 0 Å². The Labute approximate surface area is 145 Å². The van der Waals surface area contributed by atoms with E-state index in [-0.39, 0.29) is 0 Å². The predicted molar refractivity (Wildman–Crippen MR) is 108 cm³/mol. The lowest BCUT2D eigenvalue weighted by atomic mass is 10.0. The van der Waals surface area contributed by atoms with Gasteiger partial charge in [0.1, 0.15) is 0 Å². The molecule has 2 unspecified atom stereocenters. The average molecular weight is 329 g/mol. The normalized spacial score (nSPS) is 25.0. The van der Waals surface area contributed by atoms with E-state index in [0.29, 0.717) is 11.8 Å². The van der Waals surface area contributed by atoms with Crippen LogP contribution in [0.15, 0.2) is 46.6 Å². The Morgan fingerprint density at radius 2 is 1.13 bits per heavy atom. The van der Waals surface area contributed by atoms with Crippen molar-refractivity contribution in [2.75, 3.05) is 0 Å². The number of hydrogen-bond acceptors (Lipinski definition) is 0. The highest BCUT2D eigenvalue weighted by molar-refractivity contribution is 6.84. The van der Waals surface area contributed by atoms with E-state index in [0.717, 1.165) is 11.1 Å². The summed E-state index contributed by atoms with van der Waals surface area (Å²) in [5, 5.41) is 0. The maximum Gasteiger partial charge on any atom is 0.0761 e. The fraction of sp³-hybridized carbons (Fsp3) is 0.636. The molecule has 0 nitrogen and oxygen atoms in total. The van der Waals surface area contributed by atoms with Crippen LogP contribution >= 0.6 is 0 Å². The summed E-state index contributed by atoms with van der Waals surface area (Å²) in [7, 11) is -1.50. The van der Waals surface area contributed by atoms with Crippen LogP contribution < -0.4 is 0 Å². The zero-order chi connectivity index (χ0) is 17.4. The maximum atomic E-state index is 2.62. The van der Waals surface area contributed by atoms with Gasteiger partial charge in [0.15, 0.2) is 0 Å². The van der Waals surface area contributed by atoms with Crippen LogP contribution in [0.5, 0.6) is 0 Å². The van der Waals surface area contributed by atoms with E-state index in [1.165, 1.54) is 23.2 Å². The summed E-state index contributed by atoms with van der Waals surface area (Å²) in [4.78, 5) is 0. The molecule has 2 rings (SSSR count). The van der Waals surface area contributed by atoms with Crippen molar-refractivity contribution in [1.82, 2.24) is 0 Å². The molecule has 2 aliphatic carbocycles. The summed E-state index contributed by atoms with van der Waals surface area (Å²) in [5.41, 5.74) is 7.86. The second-order valence-electron chi connectivity index (χ2n) is 8.32. The third-order valence-corrected chi connectivity index (χ3v) is 12.4. The Kier molecular flexibility index (Phi) is 5.61. The Balaban J connectivity index is 2.53. The minimum absolute atomic E-state index is 0.664. The summed E-state index contributed by atoms with van der Waals surface area (Å²) in [6, 6.07) is 2.75. The quantitative estimate of drug-likeness (QED) is 0.449. The summed E-state index contributed by atoms with van der Waals surface area (Å²) < 4.78 is 0. The Morgan fingerprint density at radius 1 is 0.783 bits per heavy atom. The van der Waals surface area contributed by atoms with E-state index < -0.39 is 8.07 Å². The minimum Gasteiger partial charge on any atom is -0.0771 e. The fourth-order valence-electron chi connectivity index (χ4n) is 4.89. The second-order valence-corrected chi connectivity index (χ2v) is 13.4. The first-order valence-electron chi connectivity index (χ1n) is 9.56. The number of allylic oxidation sites excluding steroid dienone is 8. The van der Waals surface area contributed by atoms with Gasteiger partial charge in [-0.05, 0) is 36.8 Å². The minimum atomic E-state index is -1.50. The monoisotopic (exact) mass is 328 g/mol. The van der Waals surface area contributed by atoms with Gasteiger partial charge in [-0.2, -0.15) is 0 Å². The summed E-state index contributed by atoms with van der Waals surface area (Å²) in [5.74, 6) is 1.33. The van der Waals surface area contributed by atoms with Gasteiger partial charge in [-0.15, -0.1) is 0 Å². The van der Waals surface area contributed by atoms with E-state index in [9.17, 15) is 0 Å². The van der Waals surface area contributed by atoms with Gasteiger partial charge in [0.05, 0.1) is 8.07 Å². The van der Waals surface area contributed by atoms with Crippen LogP contribution in [-0.4, -0.2) is 8.07 Å². The highest BCUT2D eigenvalue weighted by atomic mass is 28.3. The van der Waals surface area contributed by atoms with E-state index >= 15 is 0 Å². The molecule has 0 aromatic heterocycles. The lowest BCUT2D eigenvalue weighted by molar-refractivity contribution is 0.718. The first kappa shape index (κ1) is 18.5. The van der Waals surface area contributed by atoms with Crippen molar-refractivity contribution >= 4 is 8.07 Å². The second kappa shape index (κ2) is 6.97. The number of hydrogen-bond donors (Lipinski definition) is 0. The van der Waals surface area contributed by atoms with Crippen molar-refractivity contribution in [3.8, 4) is 0 Å². The Morgan fingerprint density at radius 3 is 1.39 bits per heavy atom. The predicted octanol–water partition coefficient (Wildman–Crippen LogP) is 7.30. The molecule has 0 spiro atoms. The topological polar surface area (TPSA) is 0 Å². The summed E-state index contributed by atoms with van der Waals surface area (Å²) >= 11 is 0. The van der Waals surface area contributed by atoms with Crippen LogP contribution in [0.4, 0.5) is 0 Å². The summed E-state index contributed by atoms with van der Waals surface area (Å²) in [6.07, 6.45) is 10.2. The lowest BCUT2D eigenvalue weighted by Crippen LogP contribution is -2.44. The molecule has 0 saturated carbocycles. The SMILES string of the molecule is CC[Si](CC)(C1C=C(C)C=C1C(C)C)C1C=C(C)C=C1C(C)C. The molecule has 1 heteroatoms. The van der Waals surface area contributed by atoms with Gasteiger partial charge in [-0.3, -0.25) is 0 Å². The zero-order valence-corrected chi connectivity index (χ0v) is 17.5. The van der Waals surface area contributed by atoms with Crippen LogP contribution in [0.2, 0.25) is 23.2 Å². The van der Waals surface area contributed by atoms with E-state index in [1.807, 2.05) is 0 Å². The van der Waals surface area contributed by atoms with Gasteiger partial charge in [0.2, 0.25) is 0 Å². The van der Waals surface area contributed by atoms with Gasteiger partial charge in [-0.25, -0.2) is 0 Å². The Hall–Kier alpha value is -0.823. The molecule has 0 heterocycles. The van der Waals surface area contributed by atoms with E-state index in [4.69, 9.17) is 0 Å². The molecule has 2 atom stereocenters. The van der Waals surface area contributed by atoms with E-state index in [1.54, 1.807) is 11.1 Å². The molecule has 0 fully saturated rings. The zero-order valence-electron chi connectivity index (χ0n) is 16.5. The molecule has 0 saturated heterocycles. The van der Waals surface area contributed by atoms with Crippen molar-refractivity contribution in [3.05, 3.63) is 46.6 Å². The lowest BCUT2D eigenvalue weighted by Gasteiger charge is -2.43. The Bertz CT molecular complexity index is 517. The van der Waals surface area contributed by atoms with Gasteiger partial charge in [0, 0.05) is 0 Å². The number of rotatable bonds is 6. The molecule has 0 aliphatic heterocycles. The van der Waals surface area contributed by atoms with Crippen molar-refractivity contribution in [1.29, 1.82) is 0 Å². The van der Waals surface area contributed by atoms with Gasteiger partial charge < -0.3 is 0 Å². The molecule has 128 valence electrons. The van der Waals surface area contributed by atoms with Gasteiger partial charge in [0.25, 0.3) is 0 Å². The maximum absolute atomic E-state index is 2.62. The first-order chi connectivity index (χ1) is 10.8. The van der Waals surface area contributed by atoms with Crippen LogP contribution in [0.25, 0.3) is 0 Å². The van der Waals surface area contributed by atoms with E-state index in [2.05, 4.69) is 79.7 Å². The van der Waals surface area contributed by atoms with Crippen molar-refractivity contribution in [2.24, 2.45) is 11.8 Å². The molecular formula is C22H36Si. The highest BCUT2D eigenvalue weighted by Gasteiger charge is 2.48. The van der Waals surface area contributed by atoms with Crippen LogP contribution in [0.3, 0.4) is 0 Å². The molecule has 0 N–H and O–H groups in total. The van der Waals surface area contributed by atoms with Crippen LogP contribution in [0.1, 0.15) is 55.4 Å². The summed E-state index contributed by atoms with van der Waals surface area (Å²) in [6.45, 7) is 19.0. The smallest absolute Gasteiger partial charge is 0.0761 e. The highest BCUT2D eigenvalue weighted by Crippen LogP contribution is 2.55. The molecule has 0 bridgehead atoms. The standard InChI is InChI=1S/C22H36Si/c1-9-23(10-2,21-13-17(7)11-19(21)15(3)4)22-14-18(8)12-20(22)16(5)6/h11-16,21-22H,9-10H2,1-8H3. The third kappa shape index (κ3) is 3.22. The third-order valence-electron chi connectivity index (χ3n) is 6.25. The molecular weight excluding hydrogens is 292 g/mol. The fourth-order valence-corrected chi connectivity index (χ4v) is 10.9. The van der Waals surface area contributed by atoms with Crippen LogP contribution in [-0.2, 0) is 0 Å². The molecule has 23 heavy (non-hydrogen) atoms. The van der Waals surface area contributed by atoms with Crippen molar-refractivity contribution in [3.63, 3.8) is 0 Å². The van der Waals surface area contributed by atoms with Gasteiger partial charge >= 0.3 is 0 Å². The molecule has 0 amide bonds.